The summed E-state index contributed by atoms with van der Waals surface area (Å²) in [5.41, 5.74) is 5.64. The van der Waals surface area contributed by atoms with Gasteiger partial charge in [0.1, 0.15) is 10.7 Å². The quantitative estimate of drug-likeness (QED) is 0.774. The molecule has 0 unspecified atom stereocenters. The van der Waals surface area contributed by atoms with Crippen LogP contribution in [-0.2, 0) is 0 Å². The molecule has 4 nitrogen and oxygen atoms in total. The molecule has 0 aliphatic carbocycles. The van der Waals surface area contributed by atoms with Gasteiger partial charge in [-0.05, 0) is 13.8 Å². The van der Waals surface area contributed by atoms with Crippen molar-refractivity contribution >= 4 is 28.1 Å². The van der Waals surface area contributed by atoms with Crippen molar-refractivity contribution in [2.24, 2.45) is 0 Å². The van der Waals surface area contributed by atoms with Crippen LogP contribution in [0.15, 0.2) is 0 Å². The fraction of sp³-hybridized carbons (Fsp3) is 0.556. The Morgan fingerprint density at radius 1 is 1.50 bits per heavy atom. The monoisotopic (exact) mass is 213 g/mol. The molecule has 2 N–H and O–H groups in total. The third kappa shape index (κ3) is 2.04. The molecule has 0 radical (unpaired) electrons. The molecule has 14 heavy (non-hydrogen) atoms. The van der Waals surface area contributed by atoms with E-state index in [1.807, 2.05) is 0 Å². The molecular weight excluding hydrogens is 198 g/mol. The summed E-state index contributed by atoms with van der Waals surface area (Å²) < 4.78 is 0. The summed E-state index contributed by atoms with van der Waals surface area (Å²) >= 11 is 1.37. The van der Waals surface area contributed by atoms with Gasteiger partial charge in [-0.1, -0.05) is 11.3 Å². The van der Waals surface area contributed by atoms with Gasteiger partial charge in [-0.2, -0.15) is 0 Å². The van der Waals surface area contributed by atoms with Gasteiger partial charge in [0, 0.05) is 20.0 Å². The highest BCUT2D eigenvalue weighted by molar-refractivity contribution is 7.18. The lowest BCUT2D eigenvalue weighted by molar-refractivity contribution is 0.102. The van der Waals surface area contributed by atoms with E-state index >= 15 is 0 Å². The molecule has 0 amide bonds. The summed E-state index contributed by atoms with van der Waals surface area (Å²) in [5.74, 6) is 0.336. The maximum atomic E-state index is 11.2. The van der Waals surface area contributed by atoms with Gasteiger partial charge < -0.3 is 10.6 Å². The van der Waals surface area contributed by atoms with Gasteiger partial charge in [0.15, 0.2) is 10.9 Å². The summed E-state index contributed by atoms with van der Waals surface area (Å²) in [6.45, 7) is 7.36. The van der Waals surface area contributed by atoms with E-state index in [4.69, 9.17) is 5.73 Å². The minimum Gasteiger partial charge on any atom is -0.382 e. The Labute approximate surface area is 87.7 Å². The van der Waals surface area contributed by atoms with E-state index in [0.717, 1.165) is 18.2 Å². The molecule has 0 fully saturated rings. The van der Waals surface area contributed by atoms with Crippen LogP contribution in [0.1, 0.15) is 30.4 Å². The van der Waals surface area contributed by atoms with E-state index < -0.39 is 0 Å². The minimum absolute atomic E-state index is 0.0154. The number of nitrogens with two attached hydrogens (primary N) is 1. The molecule has 0 spiro atoms. The van der Waals surface area contributed by atoms with Gasteiger partial charge in [-0.3, -0.25) is 4.79 Å². The second kappa shape index (κ2) is 4.41. The number of ketones is 1. The molecule has 0 aliphatic heterocycles. The van der Waals surface area contributed by atoms with E-state index in [-0.39, 0.29) is 5.78 Å². The molecule has 0 bridgehead atoms. The maximum Gasteiger partial charge on any atom is 0.188 e. The Kier molecular flexibility index (Phi) is 3.46. The van der Waals surface area contributed by atoms with Gasteiger partial charge in [-0.15, -0.1) is 0 Å². The van der Waals surface area contributed by atoms with Crippen LogP contribution in [0.5, 0.6) is 0 Å². The predicted molar refractivity (Wildman–Crippen MR) is 60.1 cm³/mol. The maximum absolute atomic E-state index is 11.2. The van der Waals surface area contributed by atoms with Gasteiger partial charge in [0.25, 0.3) is 0 Å². The van der Waals surface area contributed by atoms with Crippen LogP contribution < -0.4 is 10.6 Å². The van der Waals surface area contributed by atoms with Crippen molar-refractivity contribution in [2.45, 2.75) is 20.8 Å². The third-order valence-corrected chi connectivity index (χ3v) is 3.23. The van der Waals surface area contributed by atoms with Crippen molar-refractivity contribution in [2.75, 3.05) is 23.7 Å². The Bertz CT molecular complexity index is 331. The average Bonchev–Trinajstić information content (AvgIpc) is 2.50. The summed E-state index contributed by atoms with van der Waals surface area (Å²) in [6, 6.07) is 0. The highest BCUT2D eigenvalue weighted by Gasteiger charge is 2.14. The van der Waals surface area contributed by atoms with Crippen LogP contribution in [0.4, 0.5) is 10.9 Å². The van der Waals surface area contributed by atoms with Crippen molar-refractivity contribution in [3.8, 4) is 0 Å². The first-order chi connectivity index (χ1) is 6.60. The van der Waals surface area contributed by atoms with E-state index in [2.05, 4.69) is 23.7 Å². The number of nitrogens with zero attached hydrogens (tertiary/aromatic N) is 2. The average molecular weight is 213 g/mol. The molecule has 1 aromatic rings. The topological polar surface area (TPSA) is 59.2 Å². The van der Waals surface area contributed by atoms with Gasteiger partial charge >= 0.3 is 0 Å². The Morgan fingerprint density at radius 3 is 2.43 bits per heavy atom. The molecule has 0 saturated carbocycles. The highest BCUT2D eigenvalue weighted by atomic mass is 32.1. The van der Waals surface area contributed by atoms with E-state index in [1.54, 1.807) is 0 Å². The van der Waals surface area contributed by atoms with Gasteiger partial charge in [0.2, 0.25) is 0 Å². The van der Waals surface area contributed by atoms with Crippen LogP contribution in [0.25, 0.3) is 0 Å². The lowest BCUT2D eigenvalue weighted by atomic mass is 10.4. The van der Waals surface area contributed by atoms with Crippen LogP contribution in [-0.4, -0.2) is 23.9 Å². The summed E-state index contributed by atoms with van der Waals surface area (Å²) in [4.78, 5) is 18.0. The van der Waals surface area contributed by atoms with Crippen LogP contribution >= 0.6 is 11.3 Å². The zero-order valence-corrected chi connectivity index (χ0v) is 9.52. The number of hydrogen-bond acceptors (Lipinski definition) is 5. The zero-order valence-electron chi connectivity index (χ0n) is 8.70. The van der Waals surface area contributed by atoms with E-state index in [0.29, 0.717) is 10.7 Å². The Morgan fingerprint density at radius 2 is 2.07 bits per heavy atom. The number of anilines is 2. The third-order valence-electron chi connectivity index (χ3n) is 2.00. The minimum atomic E-state index is -0.0154. The van der Waals surface area contributed by atoms with Crippen LogP contribution in [0.2, 0.25) is 0 Å². The number of carbonyl (C=O) groups is 1. The summed E-state index contributed by atoms with van der Waals surface area (Å²) in [7, 11) is 0. The van der Waals surface area contributed by atoms with Gasteiger partial charge in [0.05, 0.1) is 0 Å². The van der Waals surface area contributed by atoms with Crippen molar-refractivity contribution in [3.05, 3.63) is 4.88 Å². The molecule has 0 aliphatic rings. The fourth-order valence-corrected chi connectivity index (χ4v) is 2.21. The number of Topliss-reactive ketones (excluding diaryl/α,β-unsaturated/α-hetero) is 1. The Balaban J connectivity index is 3.01. The summed E-state index contributed by atoms with van der Waals surface area (Å²) in [5, 5.41) is 0.831. The standard InChI is InChI=1S/C9H15N3OS/c1-4-12(5-2)9-11-8(10)7(14-9)6(3)13/h4-5,10H2,1-3H3. The first-order valence-electron chi connectivity index (χ1n) is 4.62. The predicted octanol–water partition coefficient (Wildman–Crippen LogP) is 1.77. The van der Waals surface area contributed by atoms with Gasteiger partial charge in [-0.25, -0.2) is 4.98 Å². The molecule has 5 heteroatoms. The number of aromatic nitrogens is 1. The van der Waals surface area contributed by atoms with Crippen molar-refractivity contribution in [1.29, 1.82) is 0 Å². The first kappa shape index (κ1) is 11.0. The molecule has 0 saturated heterocycles. The van der Waals surface area contributed by atoms with Crippen molar-refractivity contribution < 1.29 is 4.79 Å². The number of hydrogen-bond donors (Lipinski definition) is 1. The van der Waals surface area contributed by atoms with Crippen molar-refractivity contribution in [1.82, 2.24) is 4.98 Å². The smallest absolute Gasteiger partial charge is 0.188 e. The van der Waals surface area contributed by atoms with Crippen LogP contribution in [0.3, 0.4) is 0 Å². The molecule has 78 valence electrons. The summed E-state index contributed by atoms with van der Waals surface area (Å²) in [6.07, 6.45) is 0. The van der Waals surface area contributed by atoms with E-state index in [1.165, 1.54) is 18.3 Å². The van der Waals surface area contributed by atoms with Crippen LogP contribution in [0, 0.1) is 0 Å². The number of carbonyl (C=O) groups excluding carboxylic acids is 1. The molecule has 1 aromatic heterocycles. The second-order valence-electron chi connectivity index (χ2n) is 2.94. The number of thiazole rings is 1. The lowest BCUT2D eigenvalue weighted by Gasteiger charge is -2.16. The SMILES string of the molecule is CCN(CC)c1nc(N)c(C(C)=O)s1. The van der Waals surface area contributed by atoms with E-state index in [9.17, 15) is 4.79 Å². The largest absolute Gasteiger partial charge is 0.382 e. The zero-order chi connectivity index (χ0) is 10.7. The molecule has 1 heterocycles. The Hall–Kier alpha value is -1.10. The normalized spacial score (nSPS) is 10.2. The highest BCUT2D eigenvalue weighted by Crippen LogP contribution is 2.27. The fourth-order valence-electron chi connectivity index (χ4n) is 1.20. The molecule has 0 atom stereocenters. The number of rotatable bonds is 4. The molecule has 1 rings (SSSR count). The number of nitrogen functional groups attached to an aromatic ring is 1. The lowest BCUT2D eigenvalue weighted by Crippen LogP contribution is -2.21. The first-order valence-corrected chi connectivity index (χ1v) is 5.44. The molecular formula is C9H15N3OS. The molecule has 0 aromatic carbocycles. The van der Waals surface area contributed by atoms with Crippen molar-refractivity contribution in [3.63, 3.8) is 0 Å². The second-order valence-corrected chi connectivity index (χ2v) is 3.92.